The summed E-state index contributed by atoms with van der Waals surface area (Å²) in [7, 11) is 0. The molecule has 0 aliphatic heterocycles. The molecule has 23 heavy (non-hydrogen) atoms. The Morgan fingerprint density at radius 2 is 1.87 bits per heavy atom. The number of amides is 2. The van der Waals surface area contributed by atoms with Crippen LogP contribution in [0.3, 0.4) is 0 Å². The first-order valence-corrected chi connectivity index (χ1v) is 8.25. The van der Waals surface area contributed by atoms with Crippen LogP contribution in [0.25, 0.3) is 0 Å². The number of carbonyl (C=O) groups is 2. The number of hydrogen-bond acceptors (Lipinski definition) is 3. The van der Waals surface area contributed by atoms with Crippen molar-refractivity contribution in [3.05, 3.63) is 35.4 Å². The average Bonchev–Trinajstić information content (AvgIpc) is 2.54. The number of nitrogens with one attached hydrogen (secondary N) is 2. The van der Waals surface area contributed by atoms with Crippen molar-refractivity contribution in [1.29, 1.82) is 0 Å². The fourth-order valence-electron chi connectivity index (χ4n) is 2.83. The first kappa shape index (κ1) is 17.2. The standard InChI is InChI=1S/C18H25N3O2/c1-13-8-6-7-11-16(13)18(23)21-20-14(2)12-17(22)19-15-9-4-3-5-10-15/h6-8,11,15H,3-5,9-10,12H2,1-2H3,(H,19,22)(H,21,23)/b20-14-. The minimum absolute atomic E-state index is 0.0247. The van der Waals surface area contributed by atoms with Crippen molar-refractivity contribution in [3.8, 4) is 0 Å². The van der Waals surface area contributed by atoms with Crippen molar-refractivity contribution < 1.29 is 9.59 Å². The monoisotopic (exact) mass is 315 g/mol. The van der Waals surface area contributed by atoms with Crippen molar-refractivity contribution in [3.63, 3.8) is 0 Å². The van der Waals surface area contributed by atoms with Crippen LogP contribution in [0.4, 0.5) is 0 Å². The highest BCUT2D eigenvalue weighted by Crippen LogP contribution is 2.17. The highest BCUT2D eigenvalue weighted by Gasteiger charge is 2.16. The molecule has 1 aromatic carbocycles. The van der Waals surface area contributed by atoms with Crippen LogP contribution in [0.2, 0.25) is 0 Å². The van der Waals surface area contributed by atoms with Gasteiger partial charge in [-0.1, -0.05) is 37.5 Å². The fraction of sp³-hybridized carbons (Fsp3) is 0.500. The number of benzene rings is 1. The molecule has 2 amide bonds. The van der Waals surface area contributed by atoms with Crippen LogP contribution >= 0.6 is 0 Å². The lowest BCUT2D eigenvalue weighted by atomic mass is 9.95. The van der Waals surface area contributed by atoms with Gasteiger partial charge in [0.25, 0.3) is 5.91 Å². The predicted octanol–water partition coefficient (Wildman–Crippen LogP) is 2.94. The van der Waals surface area contributed by atoms with E-state index >= 15 is 0 Å². The van der Waals surface area contributed by atoms with Crippen LogP contribution < -0.4 is 10.7 Å². The number of rotatable bonds is 5. The highest BCUT2D eigenvalue weighted by atomic mass is 16.2. The highest BCUT2D eigenvalue weighted by molar-refractivity contribution is 6.01. The molecule has 1 aliphatic carbocycles. The van der Waals surface area contributed by atoms with Gasteiger partial charge in [0.15, 0.2) is 0 Å². The van der Waals surface area contributed by atoms with Gasteiger partial charge >= 0.3 is 0 Å². The molecule has 5 heteroatoms. The molecule has 0 aromatic heterocycles. The zero-order valence-electron chi connectivity index (χ0n) is 13.9. The van der Waals surface area contributed by atoms with E-state index < -0.39 is 0 Å². The topological polar surface area (TPSA) is 70.6 Å². The van der Waals surface area contributed by atoms with Gasteiger partial charge in [-0.05, 0) is 38.3 Å². The van der Waals surface area contributed by atoms with E-state index in [1.54, 1.807) is 13.0 Å². The maximum atomic E-state index is 12.1. The molecule has 1 saturated carbocycles. The normalized spacial score (nSPS) is 16.0. The van der Waals surface area contributed by atoms with E-state index in [9.17, 15) is 9.59 Å². The summed E-state index contributed by atoms with van der Waals surface area (Å²) >= 11 is 0. The Labute approximate surface area is 137 Å². The summed E-state index contributed by atoms with van der Waals surface area (Å²) < 4.78 is 0. The zero-order valence-corrected chi connectivity index (χ0v) is 13.9. The molecule has 0 saturated heterocycles. The largest absolute Gasteiger partial charge is 0.353 e. The van der Waals surface area contributed by atoms with Crippen molar-refractivity contribution >= 4 is 17.5 Å². The third-order valence-corrected chi connectivity index (χ3v) is 4.12. The van der Waals surface area contributed by atoms with Gasteiger partial charge in [0.1, 0.15) is 0 Å². The summed E-state index contributed by atoms with van der Waals surface area (Å²) in [4.78, 5) is 24.0. The summed E-state index contributed by atoms with van der Waals surface area (Å²) in [6, 6.07) is 7.63. The minimum Gasteiger partial charge on any atom is -0.353 e. The predicted molar refractivity (Wildman–Crippen MR) is 91.4 cm³/mol. The quantitative estimate of drug-likeness (QED) is 0.648. The van der Waals surface area contributed by atoms with Crippen LogP contribution in [0.15, 0.2) is 29.4 Å². The van der Waals surface area contributed by atoms with E-state index in [4.69, 9.17) is 0 Å². The number of aryl methyl sites for hydroxylation is 1. The van der Waals surface area contributed by atoms with Crippen molar-refractivity contribution in [2.75, 3.05) is 0 Å². The Morgan fingerprint density at radius 1 is 1.17 bits per heavy atom. The van der Waals surface area contributed by atoms with Crippen LogP contribution in [0.5, 0.6) is 0 Å². The third-order valence-electron chi connectivity index (χ3n) is 4.12. The Morgan fingerprint density at radius 3 is 2.57 bits per heavy atom. The van der Waals surface area contributed by atoms with Gasteiger partial charge in [-0.25, -0.2) is 5.43 Å². The molecule has 1 aromatic rings. The lowest BCUT2D eigenvalue weighted by molar-refractivity contribution is -0.120. The van der Waals surface area contributed by atoms with Crippen LogP contribution in [-0.4, -0.2) is 23.6 Å². The van der Waals surface area contributed by atoms with Gasteiger partial charge in [-0.3, -0.25) is 9.59 Å². The van der Waals surface area contributed by atoms with Gasteiger partial charge in [0, 0.05) is 17.3 Å². The molecule has 0 unspecified atom stereocenters. The van der Waals surface area contributed by atoms with Crippen molar-refractivity contribution in [2.45, 2.75) is 58.4 Å². The van der Waals surface area contributed by atoms with E-state index in [1.165, 1.54) is 19.3 Å². The maximum absolute atomic E-state index is 12.1. The fourth-order valence-corrected chi connectivity index (χ4v) is 2.83. The summed E-state index contributed by atoms with van der Waals surface area (Å²) in [6.07, 6.45) is 5.97. The average molecular weight is 315 g/mol. The van der Waals surface area contributed by atoms with Crippen LogP contribution in [-0.2, 0) is 4.79 Å². The van der Waals surface area contributed by atoms with Crippen LogP contribution in [0.1, 0.15) is 61.4 Å². The van der Waals surface area contributed by atoms with Gasteiger partial charge in [-0.15, -0.1) is 0 Å². The second kappa shape index (κ2) is 8.46. The molecular formula is C18H25N3O2. The number of carbonyl (C=O) groups excluding carboxylic acids is 2. The summed E-state index contributed by atoms with van der Waals surface area (Å²) in [6.45, 7) is 3.63. The van der Waals surface area contributed by atoms with Crippen LogP contribution in [0, 0.1) is 6.92 Å². The lowest BCUT2D eigenvalue weighted by Gasteiger charge is -2.22. The van der Waals surface area contributed by atoms with E-state index in [2.05, 4.69) is 15.8 Å². The van der Waals surface area contributed by atoms with E-state index in [1.807, 2.05) is 25.1 Å². The molecule has 2 rings (SSSR count). The molecule has 5 nitrogen and oxygen atoms in total. The summed E-state index contributed by atoms with van der Waals surface area (Å²) in [5, 5.41) is 7.08. The molecule has 0 bridgehead atoms. The molecule has 1 fully saturated rings. The molecule has 0 heterocycles. The summed E-state index contributed by atoms with van der Waals surface area (Å²) in [5.74, 6) is -0.279. The first-order chi connectivity index (χ1) is 11.1. The van der Waals surface area contributed by atoms with E-state index in [0.29, 0.717) is 17.3 Å². The Kier molecular flexibility index (Phi) is 6.32. The van der Waals surface area contributed by atoms with Gasteiger partial charge < -0.3 is 5.32 Å². The first-order valence-electron chi connectivity index (χ1n) is 8.25. The smallest absolute Gasteiger partial charge is 0.271 e. The zero-order chi connectivity index (χ0) is 16.7. The summed E-state index contributed by atoms with van der Waals surface area (Å²) in [5.41, 5.74) is 4.60. The maximum Gasteiger partial charge on any atom is 0.271 e. The van der Waals surface area contributed by atoms with E-state index in [-0.39, 0.29) is 18.2 Å². The minimum atomic E-state index is -0.255. The number of hydrogen-bond donors (Lipinski definition) is 2. The second-order valence-electron chi connectivity index (χ2n) is 6.18. The molecule has 0 atom stereocenters. The number of nitrogens with zero attached hydrogens (tertiary/aromatic N) is 1. The van der Waals surface area contributed by atoms with Crippen molar-refractivity contribution in [1.82, 2.24) is 10.7 Å². The van der Waals surface area contributed by atoms with Crippen molar-refractivity contribution in [2.24, 2.45) is 5.10 Å². The Hall–Kier alpha value is -2.17. The third kappa shape index (κ3) is 5.51. The molecule has 0 radical (unpaired) electrons. The lowest BCUT2D eigenvalue weighted by Crippen LogP contribution is -2.37. The molecule has 2 N–H and O–H groups in total. The number of hydrazone groups is 1. The van der Waals surface area contributed by atoms with Gasteiger partial charge in [-0.2, -0.15) is 5.10 Å². The molecule has 124 valence electrons. The molecular weight excluding hydrogens is 290 g/mol. The Balaban J connectivity index is 1.81. The molecule has 1 aliphatic rings. The van der Waals surface area contributed by atoms with Gasteiger partial charge in [0.05, 0.1) is 6.42 Å². The Bertz CT molecular complexity index is 590. The van der Waals surface area contributed by atoms with Gasteiger partial charge in [0.2, 0.25) is 5.91 Å². The second-order valence-corrected chi connectivity index (χ2v) is 6.18. The molecule has 0 spiro atoms. The SMILES string of the molecule is C/C(CC(=O)NC1CCCCC1)=N/NC(=O)c1ccccc1C. The van der Waals surface area contributed by atoms with E-state index in [0.717, 1.165) is 18.4 Å².